The Kier molecular flexibility index (Phi) is 4.41. The van der Waals surface area contributed by atoms with Gasteiger partial charge in [-0.25, -0.2) is 0 Å². The zero-order valence-corrected chi connectivity index (χ0v) is 13.8. The Morgan fingerprint density at radius 2 is 2.18 bits per heavy atom. The van der Waals surface area contributed by atoms with E-state index in [-0.39, 0.29) is 5.41 Å². The van der Waals surface area contributed by atoms with Crippen molar-refractivity contribution >= 4 is 10.9 Å². The summed E-state index contributed by atoms with van der Waals surface area (Å²) in [7, 11) is 0. The van der Waals surface area contributed by atoms with Gasteiger partial charge >= 0.3 is 0 Å². The minimum absolute atomic E-state index is 0.0353. The first-order valence-corrected chi connectivity index (χ1v) is 8.23. The zero-order chi connectivity index (χ0) is 15.6. The molecule has 2 N–H and O–H groups in total. The molecule has 2 aromatic rings. The average Bonchev–Trinajstić information content (AvgIpc) is 2.99. The summed E-state index contributed by atoms with van der Waals surface area (Å²) >= 11 is 0. The maximum Gasteiger partial charge on any atom is 0.0768 e. The van der Waals surface area contributed by atoms with Gasteiger partial charge in [-0.3, -0.25) is 9.97 Å². The molecule has 2 aromatic heterocycles. The second-order valence-electron chi connectivity index (χ2n) is 7.18. The van der Waals surface area contributed by atoms with Crippen molar-refractivity contribution in [3.8, 4) is 0 Å². The predicted octanol–water partition coefficient (Wildman–Crippen LogP) is 2.42. The van der Waals surface area contributed by atoms with E-state index in [9.17, 15) is 0 Å². The molecule has 4 nitrogen and oxygen atoms in total. The van der Waals surface area contributed by atoms with E-state index < -0.39 is 0 Å². The number of hydrogen-bond acceptors (Lipinski definition) is 4. The molecule has 0 aliphatic carbocycles. The lowest BCUT2D eigenvalue weighted by atomic mass is 9.88. The van der Waals surface area contributed by atoms with Crippen molar-refractivity contribution in [1.29, 1.82) is 0 Å². The summed E-state index contributed by atoms with van der Waals surface area (Å²) in [5, 5.41) is 8.20. The van der Waals surface area contributed by atoms with Crippen LogP contribution in [-0.2, 0) is 11.8 Å². The lowest BCUT2D eigenvalue weighted by molar-refractivity contribution is 0.549. The van der Waals surface area contributed by atoms with Gasteiger partial charge in [-0.05, 0) is 43.6 Å². The molecule has 0 spiro atoms. The average molecular weight is 298 g/mol. The molecule has 1 saturated heterocycles. The fourth-order valence-electron chi connectivity index (χ4n) is 3.15. The topological polar surface area (TPSA) is 49.8 Å². The van der Waals surface area contributed by atoms with Crippen LogP contribution in [0.5, 0.6) is 0 Å². The molecule has 0 bridgehead atoms. The Balaban J connectivity index is 1.81. The van der Waals surface area contributed by atoms with Crippen LogP contribution in [-0.4, -0.2) is 35.6 Å². The van der Waals surface area contributed by atoms with Crippen LogP contribution < -0.4 is 10.6 Å². The summed E-state index contributed by atoms with van der Waals surface area (Å²) < 4.78 is 0. The zero-order valence-electron chi connectivity index (χ0n) is 13.8. The molecule has 1 aliphatic heterocycles. The summed E-state index contributed by atoms with van der Waals surface area (Å²) in [5.74, 6) is 0. The SMILES string of the molecule is CC(C)(C)c1ncc(CCNC2CCNC2)c2ncccc12. The monoisotopic (exact) mass is 298 g/mol. The molecular formula is C18H26N4. The Hall–Kier alpha value is -1.52. The highest BCUT2D eigenvalue weighted by Gasteiger charge is 2.20. The van der Waals surface area contributed by atoms with Gasteiger partial charge in [0.15, 0.2) is 0 Å². The van der Waals surface area contributed by atoms with E-state index in [0.29, 0.717) is 6.04 Å². The van der Waals surface area contributed by atoms with Gasteiger partial charge in [0.25, 0.3) is 0 Å². The lowest BCUT2D eigenvalue weighted by Crippen LogP contribution is -2.32. The molecule has 1 atom stereocenters. The molecule has 3 heterocycles. The van der Waals surface area contributed by atoms with Crippen LogP contribution in [0.2, 0.25) is 0 Å². The maximum absolute atomic E-state index is 4.75. The van der Waals surface area contributed by atoms with E-state index in [1.165, 1.54) is 17.4 Å². The summed E-state index contributed by atoms with van der Waals surface area (Å²) in [4.78, 5) is 9.37. The standard InChI is InChI=1S/C18H26N4/c1-18(2,3)17-15-5-4-8-21-16(15)13(11-22-17)6-10-20-14-7-9-19-12-14/h4-5,8,11,14,19-20H,6-7,9-10,12H2,1-3H3. The van der Waals surface area contributed by atoms with E-state index in [4.69, 9.17) is 4.98 Å². The molecule has 0 amide bonds. The van der Waals surface area contributed by atoms with Crippen LogP contribution >= 0.6 is 0 Å². The van der Waals surface area contributed by atoms with Crippen molar-refractivity contribution < 1.29 is 0 Å². The first kappa shape index (κ1) is 15.4. The summed E-state index contributed by atoms with van der Waals surface area (Å²) in [6.45, 7) is 9.81. The second kappa shape index (κ2) is 6.31. The van der Waals surface area contributed by atoms with Crippen LogP contribution in [0.3, 0.4) is 0 Å². The van der Waals surface area contributed by atoms with Gasteiger partial charge in [0.1, 0.15) is 0 Å². The Bertz CT molecular complexity index is 639. The molecule has 0 radical (unpaired) electrons. The molecule has 1 fully saturated rings. The van der Waals surface area contributed by atoms with Crippen LogP contribution in [0, 0.1) is 0 Å². The Morgan fingerprint density at radius 3 is 2.91 bits per heavy atom. The summed E-state index contributed by atoms with van der Waals surface area (Å²) in [6, 6.07) is 4.76. The number of pyridine rings is 2. The predicted molar refractivity (Wildman–Crippen MR) is 91.2 cm³/mol. The fraction of sp³-hybridized carbons (Fsp3) is 0.556. The van der Waals surface area contributed by atoms with Gasteiger partial charge in [0.05, 0.1) is 11.2 Å². The van der Waals surface area contributed by atoms with Crippen molar-refractivity contribution in [2.45, 2.75) is 45.1 Å². The van der Waals surface area contributed by atoms with Crippen molar-refractivity contribution in [3.63, 3.8) is 0 Å². The maximum atomic E-state index is 4.75. The summed E-state index contributed by atoms with van der Waals surface area (Å²) in [5.41, 5.74) is 3.51. The highest BCUT2D eigenvalue weighted by molar-refractivity contribution is 5.84. The van der Waals surface area contributed by atoms with Gasteiger partial charge in [-0.1, -0.05) is 20.8 Å². The van der Waals surface area contributed by atoms with E-state index in [1.54, 1.807) is 0 Å². The van der Waals surface area contributed by atoms with E-state index >= 15 is 0 Å². The van der Waals surface area contributed by atoms with Crippen LogP contribution in [0.4, 0.5) is 0 Å². The second-order valence-corrected chi connectivity index (χ2v) is 7.18. The van der Waals surface area contributed by atoms with Gasteiger partial charge < -0.3 is 10.6 Å². The largest absolute Gasteiger partial charge is 0.315 e. The number of hydrogen-bond donors (Lipinski definition) is 2. The van der Waals surface area contributed by atoms with Crippen molar-refractivity contribution in [3.05, 3.63) is 35.8 Å². The molecule has 0 saturated carbocycles. The van der Waals surface area contributed by atoms with Gasteiger partial charge in [-0.15, -0.1) is 0 Å². The third-order valence-corrected chi connectivity index (χ3v) is 4.31. The van der Waals surface area contributed by atoms with Gasteiger partial charge in [0, 0.05) is 35.8 Å². The van der Waals surface area contributed by atoms with E-state index in [1.807, 2.05) is 18.5 Å². The molecule has 1 unspecified atom stereocenters. The van der Waals surface area contributed by atoms with Crippen LogP contribution in [0.1, 0.15) is 38.4 Å². The number of fused-ring (bicyclic) bond motifs is 1. The minimum atomic E-state index is 0.0353. The number of nitrogens with zero attached hydrogens (tertiary/aromatic N) is 2. The van der Waals surface area contributed by atoms with E-state index in [0.717, 1.165) is 37.3 Å². The van der Waals surface area contributed by atoms with Gasteiger partial charge in [0.2, 0.25) is 0 Å². The van der Waals surface area contributed by atoms with Gasteiger partial charge in [-0.2, -0.15) is 0 Å². The lowest BCUT2D eigenvalue weighted by Gasteiger charge is -2.21. The number of aromatic nitrogens is 2. The Labute approximate surface area is 132 Å². The van der Waals surface area contributed by atoms with Crippen molar-refractivity contribution in [1.82, 2.24) is 20.6 Å². The molecule has 4 heteroatoms. The number of nitrogens with one attached hydrogen (secondary N) is 2. The Morgan fingerprint density at radius 1 is 1.32 bits per heavy atom. The van der Waals surface area contributed by atoms with Crippen molar-refractivity contribution in [2.24, 2.45) is 0 Å². The van der Waals surface area contributed by atoms with Crippen molar-refractivity contribution in [2.75, 3.05) is 19.6 Å². The molecule has 118 valence electrons. The third kappa shape index (κ3) is 3.28. The summed E-state index contributed by atoms with van der Waals surface area (Å²) in [6.07, 6.45) is 6.10. The minimum Gasteiger partial charge on any atom is -0.315 e. The third-order valence-electron chi connectivity index (χ3n) is 4.31. The van der Waals surface area contributed by atoms with E-state index in [2.05, 4.69) is 42.5 Å². The smallest absolute Gasteiger partial charge is 0.0768 e. The first-order valence-electron chi connectivity index (χ1n) is 8.23. The number of rotatable bonds is 4. The first-order chi connectivity index (χ1) is 10.6. The van der Waals surface area contributed by atoms with Crippen LogP contribution in [0.25, 0.3) is 10.9 Å². The molecule has 22 heavy (non-hydrogen) atoms. The normalized spacial score (nSPS) is 19.0. The fourth-order valence-corrected chi connectivity index (χ4v) is 3.15. The van der Waals surface area contributed by atoms with Crippen LogP contribution in [0.15, 0.2) is 24.5 Å². The molecule has 0 aromatic carbocycles. The quantitative estimate of drug-likeness (QED) is 0.910. The molecular weight excluding hydrogens is 272 g/mol. The molecule has 1 aliphatic rings. The highest BCUT2D eigenvalue weighted by Crippen LogP contribution is 2.28. The highest BCUT2D eigenvalue weighted by atomic mass is 15.0. The molecule has 3 rings (SSSR count).